The molecule has 4 aromatic carbocycles. The molecule has 39 heavy (non-hydrogen) atoms. The van der Waals surface area contributed by atoms with Gasteiger partial charge in [0.1, 0.15) is 0 Å². The van der Waals surface area contributed by atoms with Crippen molar-refractivity contribution in [2.24, 2.45) is 0 Å². The Bertz CT molecular complexity index is 1590. The molecule has 0 saturated carbocycles. The molecule has 1 amide bonds. The Balaban J connectivity index is 1.95. The van der Waals surface area contributed by atoms with Gasteiger partial charge in [0.05, 0.1) is 9.79 Å². The first kappa shape index (κ1) is 27.7. The van der Waals surface area contributed by atoms with E-state index in [-0.39, 0.29) is 20.9 Å². The average molecular weight is 564 g/mol. The Morgan fingerprint density at radius 3 is 1.44 bits per heavy atom. The van der Waals surface area contributed by atoms with Crippen LogP contribution in [0, 0.1) is 0 Å². The van der Waals surface area contributed by atoms with Crippen molar-refractivity contribution < 1.29 is 31.5 Å². The van der Waals surface area contributed by atoms with E-state index in [9.17, 15) is 31.5 Å². The van der Waals surface area contributed by atoms with Crippen LogP contribution in [0.15, 0.2) is 131 Å². The van der Waals surface area contributed by atoms with Crippen molar-refractivity contribution in [3.63, 3.8) is 0 Å². The van der Waals surface area contributed by atoms with Crippen LogP contribution in [0.2, 0.25) is 0 Å². The van der Waals surface area contributed by atoms with E-state index >= 15 is 0 Å². The van der Waals surface area contributed by atoms with E-state index in [1.807, 2.05) is 0 Å². The smallest absolute Gasteiger partial charge is 0.334 e. The first-order valence-electron chi connectivity index (χ1n) is 11.8. The largest absolute Gasteiger partial charge is 0.479 e. The average Bonchev–Trinajstić information content (AvgIpc) is 2.96. The zero-order valence-corrected chi connectivity index (χ0v) is 22.2. The number of carbonyl (C=O) groups excluding carboxylic acids is 1. The maximum atomic E-state index is 14.0. The summed E-state index contributed by atoms with van der Waals surface area (Å²) >= 11 is 0. The summed E-state index contributed by atoms with van der Waals surface area (Å²) in [5.41, 5.74) is -2.30. The molecule has 0 aliphatic carbocycles. The second kappa shape index (κ2) is 11.2. The number of sulfone groups is 2. The Morgan fingerprint density at radius 1 is 0.641 bits per heavy atom. The molecule has 0 aliphatic heterocycles. The second-order valence-electron chi connectivity index (χ2n) is 8.75. The van der Waals surface area contributed by atoms with Crippen LogP contribution in [0.4, 0.5) is 0 Å². The van der Waals surface area contributed by atoms with Crippen molar-refractivity contribution >= 4 is 31.6 Å². The van der Waals surface area contributed by atoms with E-state index in [0.717, 1.165) is 0 Å². The fourth-order valence-corrected chi connectivity index (χ4v) is 8.86. The summed E-state index contributed by atoms with van der Waals surface area (Å²) in [5, 5.41) is 13.1. The number of hydrogen-bond donors (Lipinski definition) is 2. The minimum Gasteiger partial charge on any atom is -0.479 e. The van der Waals surface area contributed by atoms with Crippen LogP contribution in [-0.4, -0.2) is 38.4 Å². The molecule has 200 valence electrons. The van der Waals surface area contributed by atoms with Crippen molar-refractivity contribution in [2.45, 2.75) is 26.3 Å². The Hall–Kier alpha value is -4.28. The molecule has 0 unspecified atom stereocenters. The molecule has 0 aliphatic rings. The van der Waals surface area contributed by atoms with Crippen LogP contribution in [-0.2, 0) is 30.0 Å². The van der Waals surface area contributed by atoms with E-state index in [0.29, 0.717) is 0 Å². The zero-order valence-electron chi connectivity index (χ0n) is 20.5. The van der Waals surface area contributed by atoms with E-state index in [1.165, 1.54) is 84.9 Å². The Morgan fingerprint density at radius 2 is 1.03 bits per heavy atom. The number of benzene rings is 4. The first-order chi connectivity index (χ1) is 18.6. The SMILES string of the molecule is O=C(N[C@](CC(S(=O)(=O)c1ccccc1)S(=O)(=O)c1ccccc1)(C(=O)O)c1ccccc1)c1ccccc1. The molecule has 0 bridgehead atoms. The minimum atomic E-state index is -4.68. The summed E-state index contributed by atoms with van der Waals surface area (Å²) < 4.78 is 53.6. The van der Waals surface area contributed by atoms with Crippen LogP contribution in [0.25, 0.3) is 0 Å². The molecule has 0 heterocycles. The summed E-state index contributed by atoms with van der Waals surface area (Å²) in [4.78, 5) is 25.7. The summed E-state index contributed by atoms with van der Waals surface area (Å²) in [6.45, 7) is 0. The zero-order chi connectivity index (χ0) is 28.1. The van der Waals surface area contributed by atoms with Crippen LogP contribution in [0.1, 0.15) is 22.3 Å². The first-order valence-corrected chi connectivity index (χ1v) is 14.9. The van der Waals surface area contributed by atoms with Gasteiger partial charge < -0.3 is 10.4 Å². The molecule has 8 nitrogen and oxygen atoms in total. The number of carboxylic acids is 1. The molecule has 10 heteroatoms. The number of hydrogen-bond acceptors (Lipinski definition) is 6. The van der Waals surface area contributed by atoms with Crippen molar-refractivity contribution in [3.8, 4) is 0 Å². The van der Waals surface area contributed by atoms with Crippen molar-refractivity contribution in [2.75, 3.05) is 0 Å². The van der Waals surface area contributed by atoms with Gasteiger partial charge in [0.2, 0.25) is 0 Å². The summed E-state index contributed by atoms with van der Waals surface area (Å²) in [7, 11) is -9.37. The standard InChI is InChI=1S/C29H25NO7S2/c31-27(22-13-5-1-6-14-22)30-29(28(32)33,23-15-7-2-8-16-23)21-26(38(34,35)24-17-9-3-10-18-24)39(36,37)25-19-11-4-12-20-25/h1-20,26H,21H2,(H,30,31)(H,32,33)/t29-/m0/s1. The number of rotatable bonds is 10. The normalized spacial score (nSPS) is 13.4. The quantitative estimate of drug-likeness (QED) is 0.297. The van der Waals surface area contributed by atoms with Gasteiger partial charge in [-0.3, -0.25) is 4.79 Å². The van der Waals surface area contributed by atoms with E-state index in [1.54, 1.807) is 36.4 Å². The van der Waals surface area contributed by atoms with Crippen molar-refractivity contribution in [3.05, 3.63) is 132 Å². The molecule has 0 spiro atoms. The second-order valence-corrected chi connectivity index (χ2v) is 13.3. The highest BCUT2D eigenvalue weighted by Crippen LogP contribution is 2.36. The number of aliphatic carboxylic acids is 1. The van der Waals surface area contributed by atoms with Gasteiger partial charge in [-0.15, -0.1) is 0 Å². The predicted octanol–water partition coefficient (Wildman–Crippen LogP) is 4.06. The molecule has 4 rings (SSSR count). The maximum absolute atomic E-state index is 14.0. The molecular weight excluding hydrogens is 538 g/mol. The van der Waals surface area contributed by atoms with Gasteiger partial charge in [0.15, 0.2) is 29.8 Å². The summed E-state index contributed by atoms with van der Waals surface area (Å²) in [5.74, 6) is -2.43. The van der Waals surface area contributed by atoms with E-state index < -0.39 is 48.1 Å². The van der Waals surface area contributed by atoms with Gasteiger partial charge in [0, 0.05) is 12.0 Å². The number of carbonyl (C=O) groups is 2. The van der Waals surface area contributed by atoms with Gasteiger partial charge in [-0.2, -0.15) is 0 Å². The molecule has 0 aromatic heterocycles. The number of amides is 1. The molecule has 0 saturated heterocycles. The lowest BCUT2D eigenvalue weighted by Gasteiger charge is -2.34. The van der Waals surface area contributed by atoms with Crippen LogP contribution < -0.4 is 5.32 Å². The van der Waals surface area contributed by atoms with Crippen molar-refractivity contribution in [1.82, 2.24) is 5.32 Å². The van der Waals surface area contributed by atoms with Crippen LogP contribution in [0.3, 0.4) is 0 Å². The van der Waals surface area contributed by atoms with Crippen molar-refractivity contribution in [1.29, 1.82) is 0 Å². The third-order valence-electron chi connectivity index (χ3n) is 6.30. The molecular formula is C29H25NO7S2. The van der Waals surface area contributed by atoms with E-state index in [4.69, 9.17) is 0 Å². The molecule has 2 N–H and O–H groups in total. The third-order valence-corrected chi connectivity index (χ3v) is 11.4. The highest BCUT2D eigenvalue weighted by Gasteiger charge is 2.51. The van der Waals surface area contributed by atoms with Gasteiger partial charge in [-0.05, 0) is 42.0 Å². The van der Waals surface area contributed by atoms with Gasteiger partial charge in [0.25, 0.3) is 5.91 Å². The predicted molar refractivity (Wildman–Crippen MR) is 145 cm³/mol. The lowest BCUT2D eigenvalue weighted by molar-refractivity contribution is -0.145. The lowest BCUT2D eigenvalue weighted by atomic mass is 9.86. The lowest BCUT2D eigenvalue weighted by Crippen LogP contribution is -2.55. The van der Waals surface area contributed by atoms with E-state index in [2.05, 4.69) is 5.32 Å². The maximum Gasteiger partial charge on any atom is 0.334 e. The van der Waals surface area contributed by atoms with Crippen LogP contribution in [0.5, 0.6) is 0 Å². The Labute approximate surface area is 226 Å². The fourth-order valence-electron chi connectivity index (χ4n) is 4.24. The summed E-state index contributed by atoms with van der Waals surface area (Å²) in [6.07, 6.45) is -1.00. The molecule has 1 atom stereocenters. The van der Waals surface area contributed by atoms with Gasteiger partial charge in [-0.25, -0.2) is 21.6 Å². The highest BCUT2D eigenvalue weighted by atomic mass is 32.3. The fraction of sp³-hybridized carbons (Fsp3) is 0.103. The number of nitrogens with one attached hydrogen (secondary N) is 1. The van der Waals surface area contributed by atoms with Crippen LogP contribution >= 0.6 is 0 Å². The monoisotopic (exact) mass is 563 g/mol. The highest BCUT2D eigenvalue weighted by molar-refractivity contribution is 8.09. The molecule has 0 radical (unpaired) electrons. The van der Waals surface area contributed by atoms with Gasteiger partial charge >= 0.3 is 5.97 Å². The molecule has 4 aromatic rings. The number of carboxylic acid groups (broad SMARTS) is 1. The summed E-state index contributed by atoms with van der Waals surface area (Å²) in [6, 6.07) is 29.1. The minimum absolute atomic E-state index is 0.0123. The Kier molecular flexibility index (Phi) is 7.98. The topological polar surface area (TPSA) is 135 Å². The molecule has 0 fully saturated rings. The van der Waals surface area contributed by atoms with Gasteiger partial charge in [-0.1, -0.05) is 84.9 Å². The third kappa shape index (κ3) is 5.62.